The third kappa shape index (κ3) is 3.51. The van der Waals surface area contributed by atoms with Gasteiger partial charge in [-0.15, -0.1) is 0 Å². The van der Waals surface area contributed by atoms with Crippen molar-refractivity contribution in [2.24, 2.45) is 11.8 Å². The van der Waals surface area contributed by atoms with Crippen LogP contribution in [0.3, 0.4) is 0 Å². The summed E-state index contributed by atoms with van der Waals surface area (Å²) in [6.45, 7) is 0.518. The van der Waals surface area contributed by atoms with Gasteiger partial charge in [0.15, 0.2) is 0 Å². The second-order valence-electron chi connectivity index (χ2n) is 5.37. The average Bonchev–Trinajstić information content (AvgIpc) is 2.90. The minimum absolute atomic E-state index is 0.0312. The number of aliphatic carboxylic acids is 1. The van der Waals surface area contributed by atoms with E-state index in [1.807, 2.05) is 12.1 Å². The predicted molar refractivity (Wildman–Crippen MR) is 76.4 cm³/mol. The number of hydrogen-bond donors (Lipinski definition) is 1. The molecule has 0 aliphatic heterocycles. The highest BCUT2D eigenvalue weighted by Gasteiger charge is 2.35. The number of carboxylic acids is 1. The second-order valence-corrected chi connectivity index (χ2v) is 5.80. The molecule has 5 heteroatoms. The molecule has 20 heavy (non-hydrogen) atoms. The molecule has 0 heterocycles. The molecule has 0 aromatic heterocycles. The molecule has 0 radical (unpaired) electrons. The van der Waals surface area contributed by atoms with Crippen LogP contribution >= 0.6 is 11.6 Å². The van der Waals surface area contributed by atoms with Crippen molar-refractivity contribution in [1.82, 2.24) is 4.90 Å². The van der Waals surface area contributed by atoms with Crippen molar-refractivity contribution in [3.05, 3.63) is 34.9 Å². The van der Waals surface area contributed by atoms with Gasteiger partial charge in [-0.1, -0.05) is 23.7 Å². The summed E-state index contributed by atoms with van der Waals surface area (Å²) in [6, 6.07) is 7.37. The van der Waals surface area contributed by atoms with Crippen LogP contribution in [0.2, 0.25) is 5.02 Å². The Morgan fingerprint density at radius 3 is 2.40 bits per heavy atom. The van der Waals surface area contributed by atoms with E-state index in [9.17, 15) is 9.59 Å². The average molecular weight is 296 g/mol. The molecule has 108 valence electrons. The van der Waals surface area contributed by atoms with Crippen molar-refractivity contribution in [2.45, 2.75) is 25.8 Å². The summed E-state index contributed by atoms with van der Waals surface area (Å²) in [5, 5.41) is 9.64. The largest absolute Gasteiger partial charge is 0.481 e. The van der Waals surface area contributed by atoms with Crippen LogP contribution in [0, 0.1) is 11.8 Å². The van der Waals surface area contributed by atoms with Crippen LogP contribution in [0.25, 0.3) is 0 Å². The van der Waals surface area contributed by atoms with Gasteiger partial charge in [-0.25, -0.2) is 0 Å². The maximum absolute atomic E-state index is 12.3. The first-order valence-electron chi connectivity index (χ1n) is 6.69. The van der Waals surface area contributed by atoms with Gasteiger partial charge in [-0.3, -0.25) is 9.59 Å². The van der Waals surface area contributed by atoms with E-state index in [1.165, 1.54) is 0 Å². The number of carbonyl (C=O) groups is 2. The molecule has 1 amide bonds. The van der Waals surface area contributed by atoms with Crippen LogP contribution in [0.15, 0.2) is 24.3 Å². The predicted octanol–water partition coefficient (Wildman–Crippen LogP) is 2.80. The molecule has 1 aliphatic carbocycles. The zero-order valence-electron chi connectivity index (χ0n) is 11.4. The lowest BCUT2D eigenvalue weighted by Gasteiger charge is -2.21. The number of carbonyl (C=O) groups excluding carboxylic acids is 1. The summed E-state index contributed by atoms with van der Waals surface area (Å²) >= 11 is 5.82. The number of amides is 1. The Morgan fingerprint density at radius 1 is 1.25 bits per heavy atom. The normalized spacial score (nSPS) is 21.7. The summed E-state index contributed by atoms with van der Waals surface area (Å²) in [6.07, 6.45) is 1.72. The SMILES string of the molecule is CN(Cc1ccc(Cl)cc1)C(=O)C1CCC(C(=O)O)C1. The molecule has 1 aromatic carbocycles. The highest BCUT2D eigenvalue weighted by molar-refractivity contribution is 6.30. The van der Waals surface area contributed by atoms with Crippen molar-refractivity contribution in [2.75, 3.05) is 7.05 Å². The van der Waals surface area contributed by atoms with E-state index >= 15 is 0 Å². The van der Waals surface area contributed by atoms with Gasteiger partial charge in [-0.2, -0.15) is 0 Å². The van der Waals surface area contributed by atoms with Crippen LogP contribution in [0.5, 0.6) is 0 Å². The first-order chi connectivity index (χ1) is 9.47. The highest BCUT2D eigenvalue weighted by Crippen LogP contribution is 2.32. The van der Waals surface area contributed by atoms with Crippen molar-refractivity contribution >= 4 is 23.5 Å². The summed E-state index contributed by atoms with van der Waals surface area (Å²) in [7, 11) is 1.75. The van der Waals surface area contributed by atoms with E-state index in [0.717, 1.165) is 5.56 Å². The smallest absolute Gasteiger partial charge is 0.306 e. The van der Waals surface area contributed by atoms with Crippen molar-refractivity contribution in [3.63, 3.8) is 0 Å². The van der Waals surface area contributed by atoms with Crippen LogP contribution in [0.1, 0.15) is 24.8 Å². The van der Waals surface area contributed by atoms with Gasteiger partial charge in [0.25, 0.3) is 0 Å². The van der Waals surface area contributed by atoms with Crippen LogP contribution < -0.4 is 0 Å². The summed E-state index contributed by atoms with van der Waals surface area (Å²) in [5.74, 6) is -1.29. The quantitative estimate of drug-likeness (QED) is 0.929. The van der Waals surface area contributed by atoms with E-state index in [0.29, 0.717) is 30.8 Å². The summed E-state index contributed by atoms with van der Waals surface area (Å²) in [5.41, 5.74) is 1.01. The number of halogens is 1. The molecule has 2 atom stereocenters. The van der Waals surface area contributed by atoms with E-state index in [1.54, 1.807) is 24.1 Å². The lowest BCUT2D eigenvalue weighted by molar-refractivity contribution is -0.141. The van der Waals surface area contributed by atoms with Crippen molar-refractivity contribution in [1.29, 1.82) is 0 Å². The van der Waals surface area contributed by atoms with E-state index in [2.05, 4.69) is 0 Å². The Bertz CT molecular complexity index is 500. The maximum atomic E-state index is 12.3. The van der Waals surface area contributed by atoms with Gasteiger partial charge in [0.1, 0.15) is 0 Å². The third-order valence-corrected chi connectivity index (χ3v) is 4.09. The van der Waals surface area contributed by atoms with Crippen LogP contribution in [0.4, 0.5) is 0 Å². The minimum Gasteiger partial charge on any atom is -0.481 e. The van der Waals surface area contributed by atoms with Gasteiger partial charge in [-0.05, 0) is 37.0 Å². The molecule has 0 spiro atoms. The molecule has 1 aromatic rings. The molecule has 1 N–H and O–H groups in total. The van der Waals surface area contributed by atoms with E-state index < -0.39 is 5.97 Å². The second kappa shape index (κ2) is 6.27. The Kier molecular flexibility index (Phi) is 4.65. The number of carboxylic acid groups (broad SMARTS) is 1. The Balaban J connectivity index is 1.92. The molecule has 4 nitrogen and oxygen atoms in total. The van der Waals surface area contributed by atoms with Crippen molar-refractivity contribution < 1.29 is 14.7 Å². The standard InChI is InChI=1S/C15H18ClNO3/c1-17(9-10-2-6-13(16)7-3-10)14(18)11-4-5-12(8-11)15(19)20/h2-3,6-7,11-12H,4-5,8-9H2,1H3,(H,19,20). The zero-order valence-corrected chi connectivity index (χ0v) is 12.1. The zero-order chi connectivity index (χ0) is 14.7. The van der Waals surface area contributed by atoms with Crippen LogP contribution in [-0.2, 0) is 16.1 Å². The summed E-state index contributed by atoms with van der Waals surface area (Å²) < 4.78 is 0. The molecule has 1 saturated carbocycles. The van der Waals surface area contributed by atoms with Crippen molar-refractivity contribution in [3.8, 4) is 0 Å². The molecular weight excluding hydrogens is 278 g/mol. The lowest BCUT2D eigenvalue weighted by Crippen LogP contribution is -2.31. The van der Waals surface area contributed by atoms with Gasteiger partial charge in [0, 0.05) is 24.5 Å². The molecule has 0 bridgehead atoms. The van der Waals surface area contributed by atoms with Gasteiger partial charge in [0.2, 0.25) is 5.91 Å². The molecule has 2 unspecified atom stereocenters. The topological polar surface area (TPSA) is 57.6 Å². The molecule has 1 aliphatic rings. The summed E-state index contributed by atoms with van der Waals surface area (Å²) in [4.78, 5) is 24.9. The monoisotopic (exact) mass is 295 g/mol. The van der Waals surface area contributed by atoms with Gasteiger partial charge >= 0.3 is 5.97 Å². The van der Waals surface area contributed by atoms with Gasteiger partial charge < -0.3 is 10.0 Å². The Labute approximate surface area is 123 Å². The Morgan fingerprint density at radius 2 is 1.85 bits per heavy atom. The van der Waals surface area contributed by atoms with Crippen LogP contribution in [-0.4, -0.2) is 28.9 Å². The number of benzene rings is 1. The van der Waals surface area contributed by atoms with E-state index in [4.69, 9.17) is 16.7 Å². The molecule has 2 rings (SSSR count). The number of hydrogen-bond acceptors (Lipinski definition) is 2. The minimum atomic E-state index is -0.791. The first kappa shape index (κ1) is 14.9. The number of rotatable bonds is 4. The first-order valence-corrected chi connectivity index (χ1v) is 7.07. The molecule has 0 saturated heterocycles. The fourth-order valence-corrected chi connectivity index (χ4v) is 2.81. The fourth-order valence-electron chi connectivity index (χ4n) is 2.68. The maximum Gasteiger partial charge on any atom is 0.306 e. The Hall–Kier alpha value is -1.55. The van der Waals surface area contributed by atoms with E-state index in [-0.39, 0.29) is 17.7 Å². The number of nitrogens with zero attached hydrogens (tertiary/aromatic N) is 1. The third-order valence-electron chi connectivity index (χ3n) is 3.84. The van der Waals surface area contributed by atoms with Gasteiger partial charge in [0.05, 0.1) is 5.92 Å². The lowest BCUT2D eigenvalue weighted by atomic mass is 10.0. The molecule has 1 fully saturated rings. The highest BCUT2D eigenvalue weighted by atomic mass is 35.5. The fraction of sp³-hybridized carbons (Fsp3) is 0.467. The molecular formula is C15H18ClNO3.